The third kappa shape index (κ3) is 4.75. The first-order valence-electron chi connectivity index (χ1n) is 5.26. The van der Waals surface area contributed by atoms with Gasteiger partial charge in [-0.25, -0.2) is 0 Å². The number of nitrogens with two attached hydrogens (primary N) is 1. The van der Waals surface area contributed by atoms with Crippen molar-refractivity contribution < 1.29 is 9.53 Å². The van der Waals surface area contributed by atoms with Gasteiger partial charge in [-0.15, -0.1) is 11.3 Å². The molecule has 0 aromatic carbocycles. The summed E-state index contributed by atoms with van der Waals surface area (Å²) in [6, 6.07) is 2.02. The number of nitrogens with zero attached hydrogens (tertiary/aromatic N) is 1. The SMILES string of the molecule is COC(CN)CC(=O)N(C)Cc1cc(Br)cs1. The first kappa shape index (κ1) is 14.6. The standard InChI is InChI=1S/C11H17BrN2O2S/c1-14(6-10-3-8(12)7-17-10)11(15)4-9(5-13)16-2/h3,7,9H,4-6,13H2,1-2H3. The molecule has 1 aromatic rings. The van der Waals surface area contributed by atoms with E-state index in [1.807, 2.05) is 11.4 Å². The fourth-order valence-electron chi connectivity index (χ4n) is 1.37. The summed E-state index contributed by atoms with van der Waals surface area (Å²) in [6.45, 7) is 0.983. The third-order valence-electron chi connectivity index (χ3n) is 2.44. The molecule has 4 nitrogen and oxygen atoms in total. The number of carbonyl (C=O) groups is 1. The van der Waals surface area contributed by atoms with Gasteiger partial charge in [-0.2, -0.15) is 0 Å². The smallest absolute Gasteiger partial charge is 0.225 e. The van der Waals surface area contributed by atoms with Crippen LogP contribution in [0, 0.1) is 0 Å². The zero-order valence-corrected chi connectivity index (χ0v) is 12.4. The van der Waals surface area contributed by atoms with Gasteiger partial charge in [-0.3, -0.25) is 4.79 Å². The van der Waals surface area contributed by atoms with Gasteiger partial charge < -0.3 is 15.4 Å². The number of rotatable bonds is 6. The minimum atomic E-state index is -0.194. The Labute approximate surface area is 114 Å². The monoisotopic (exact) mass is 320 g/mol. The molecule has 1 atom stereocenters. The average Bonchev–Trinajstić information content (AvgIpc) is 2.71. The van der Waals surface area contributed by atoms with Crippen LogP contribution in [0.5, 0.6) is 0 Å². The first-order chi connectivity index (χ1) is 8.06. The molecule has 0 spiro atoms. The van der Waals surface area contributed by atoms with Crippen LogP contribution < -0.4 is 5.73 Å². The number of ether oxygens (including phenoxy) is 1. The normalized spacial score (nSPS) is 12.5. The molecule has 96 valence electrons. The molecular formula is C11H17BrN2O2S. The van der Waals surface area contributed by atoms with E-state index in [0.29, 0.717) is 19.5 Å². The van der Waals surface area contributed by atoms with E-state index in [9.17, 15) is 4.79 Å². The summed E-state index contributed by atoms with van der Waals surface area (Å²) in [5, 5.41) is 2.01. The highest BCUT2D eigenvalue weighted by atomic mass is 79.9. The van der Waals surface area contributed by atoms with E-state index in [-0.39, 0.29) is 12.0 Å². The Kier molecular flexibility index (Phi) is 6.11. The molecule has 1 aromatic heterocycles. The maximum atomic E-state index is 11.9. The lowest BCUT2D eigenvalue weighted by Crippen LogP contribution is -2.33. The van der Waals surface area contributed by atoms with Crippen LogP contribution in [0.25, 0.3) is 0 Å². The lowest BCUT2D eigenvalue weighted by molar-refractivity contribution is -0.132. The molecule has 1 heterocycles. The maximum absolute atomic E-state index is 11.9. The van der Waals surface area contributed by atoms with Crippen LogP contribution in [0.4, 0.5) is 0 Å². The zero-order chi connectivity index (χ0) is 12.8. The second-order valence-corrected chi connectivity index (χ2v) is 5.69. The van der Waals surface area contributed by atoms with E-state index in [4.69, 9.17) is 10.5 Å². The van der Waals surface area contributed by atoms with Crippen molar-refractivity contribution in [1.82, 2.24) is 4.90 Å². The van der Waals surface area contributed by atoms with Gasteiger partial charge in [0.15, 0.2) is 0 Å². The van der Waals surface area contributed by atoms with E-state index in [2.05, 4.69) is 15.9 Å². The number of hydrogen-bond acceptors (Lipinski definition) is 4. The molecule has 17 heavy (non-hydrogen) atoms. The van der Waals surface area contributed by atoms with Crippen LogP contribution in [0.1, 0.15) is 11.3 Å². The molecule has 0 aliphatic rings. The molecule has 1 unspecified atom stereocenters. The van der Waals surface area contributed by atoms with Crippen molar-refractivity contribution in [3.05, 3.63) is 20.8 Å². The summed E-state index contributed by atoms with van der Waals surface area (Å²) in [5.41, 5.74) is 5.49. The number of thiophene rings is 1. The summed E-state index contributed by atoms with van der Waals surface area (Å²) in [6.07, 6.45) is 0.135. The van der Waals surface area contributed by atoms with E-state index in [0.717, 1.165) is 9.35 Å². The molecule has 1 rings (SSSR count). The Morgan fingerprint density at radius 2 is 2.41 bits per heavy atom. The van der Waals surface area contributed by atoms with Crippen molar-refractivity contribution in [2.75, 3.05) is 20.7 Å². The van der Waals surface area contributed by atoms with Gasteiger partial charge >= 0.3 is 0 Å². The minimum Gasteiger partial charge on any atom is -0.380 e. The van der Waals surface area contributed by atoms with Crippen LogP contribution in [-0.2, 0) is 16.1 Å². The van der Waals surface area contributed by atoms with Gasteiger partial charge in [0, 0.05) is 35.4 Å². The Morgan fingerprint density at radius 3 is 2.88 bits per heavy atom. The van der Waals surface area contributed by atoms with Crippen LogP contribution in [0.15, 0.2) is 15.9 Å². The summed E-state index contributed by atoms with van der Waals surface area (Å²) in [5.74, 6) is 0.0480. The second kappa shape index (κ2) is 7.10. The summed E-state index contributed by atoms with van der Waals surface area (Å²) >= 11 is 5.02. The molecule has 1 amide bonds. The Hall–Kier alpha value is -0.430. The quantitative estimate of drug-likeness (QED) is 0.870. The highest BCUT2D eigenvalue weighted by Crippen LogP contribution is 2.21. The Morgan fingerprint density at radius 1 is 1.71 bits per heavy atom. The summed E-state index contributed by atoms with van der Waals surface area (Å²) in [4.78, 5) is 14.7. The van der Waals surface area contributed by atoms with Gasteiger partial charge in [-0.1, -0.05) is 0 Å². The van der Waals surface area contributed by atoms with Gasteiger partial charge in [0.2, 0.25) is 5.91 Å². The van der Waals surface area contributed by atoms with Gasteiger partial charge in [0.25, 0.3) is 0 Å². The van der Waals surface area contributed by atoms with E-state index < -0.39 is 0 Å². The molecule has 0 saturated carbocycles. The molecule has 2 N–H and O–H groups in total. The number of hydrogen-bond donors (Lipinski definition) is 1. The molecule has 0 radical (unpaired) electrons. The number of halogens is 1. The first-order valence-corrected chi connectivity index (χ1v) is 6.93. The Bertz CT molecular complexity index is 366. The fraction of sp³-hybridized carbons (Fsp3) is 0.545. The molecule has 0 fully saturated rings. The zero-order valence-electron chi connectivity index (χ0n) is 9.98. The molecule has 0 aliphatic heterocycles. The highest BCUT2D eigenvalue weighted by Gasteiger charge is 2.15. The van der Waals surface area contributed by atoms with Crippen LogP contribution in [-0.4, -0.2) is 37.6 Å². The average molecular weight is 321 g/mol. The van der Waals surface area contributed by atoms with Crippen LogP contribution in [0.3, 0.4) is 0 Å². The van der Waals surface area contributed by atoms with Crippen LogP contribution >= 0.6 is 27.3 Å². The van der Waals surface area contributed by atoms with Crippen molar-refractivity contribution in [3.63, 3.8) is 0 Å². The van der Waals surface area contributed by atoms with Crippen molar-refractivity contribution >= 4 is 33.2 Å². The Balaban J connectivity index is 2.46. The molecular weight excluding hydrogens is 304 g/mol. The van der Waals surface area contributed by atoms with Gasteiger partial charge in [0.1, 0.15) is 0 Å². The summed E-state index contributed by atoms with van der Waals surface area (Å²) in [7, 11) is 3.36. The topological polar surface area (TPSA) is 55.6 Å². The number of amides is 1. The van der Waals surface area contributed by atoms with Crippen molar-refractivity contribution in [2.45, 2.75) is 19.1 Å². The molecule has 0 saturated heterocycles. The lowest BCUT2D eigenvalue weighted by atomic mass is 10.2. The van der Waals surface area contributed by atoms with Crippen LogP contribution in [0.2, 0.25) is 0 Å². The molecule has 6 heteroatoms. The van der Waals surface area contributed by atoms with E-state index >= 15 is 0 Å². The second-order valence-electron chi connectivity index (χ2n) is 3.78. The highest BCUT2D eigenvalue weighted by molar-refractivity contribution is 9.10. The summed E-state index contributed by atoms with van der Waals surface area (Å²) < 4.78 is 6.15. The van der Waals surface area contributed by atoms with Crippen molar-refractivity contribution in [2.24, 2.45) is 5.73 Å². The predicted octanol–water partition coefficient (Wildman–Crippen LogP) is 1.83. The lowest BCUT2D eigenvalue weighted by Gasteiger charge is -2.19. The maximum Gasteiger partial charge on any atom is 0.225 e. The third-order valence-corrected chi connectivity index (χ3v) is 4.12. The van der Waals surface area contributed by atoms with E-state index in [1.54, 1.807) is 30.4 Å². The largest absolute Gasteiger partial charge is 0.380 e. The van der Waals surface area contributed by atoms with Gasteiger partial charge in [0.05, 0.1) is 19.1 Å². The predicted molar refractivity (Wildman–Crippen MR) is 73.0 cm³/mol. The van der Waals surface area contributed by atoms with Crippen molar-refractivity contribution in [1.29, 1.82) is 0 Å². The van der Waals surface area contributed by atoms with Gasteiger partial charge in [-0.05, 0) is 22.0 Å². The minimum absolute atomic E-state index is 0.0480. The fourth-order valence-corrected chi connectivity index (χ4v) is 2.88. The molecule has 0 bridgehead atoms. The number of methoxy groups -OCH3 is 1. The molecule has 0 aliphatic carbocycles. The number of carbonyl (C=O) groups excluding carboxylic acids is 1. The van der Waals surface area contributed by atoms with E-state index in [1.165, 1.54) is 0 Å². The van der Waals surface area contributed by atoms with Crippen molar-refractivity contribution in [3.8, 4) is 0 Å².